The van der Waals surface area contributed by atoms with Crippen LogP contribution in [0.3, 0.4) is 0 Å². The van der Waals surface area contributed by atoms with Crippen LogP contribution in [-0.4, -0.2) is 19.6 Å². The lowest BCUT2D eigenvalue weighted by Crippen LogP contribution is -2.15. The summed E-state index contributed by atoms with van der Waals surface area (Å²) in [6.07, 6.45) is 1.18. The van der Waals surface area contributed by atoms with E-state index in [1.165, 1.54) is 7.11 Å². The van der Waals surface area contributed by atoms with Crippen molar-refractivity contribution in [2.75, 3.05) is 13.7 Å². The van der Waals surface area contributed by atoms with Crippen molar-refractivity contribution in [3.8, 4) is 0 Å². The van der Waals surface area contributed by atoms with Crippen LogP contribution in [-0.2, 0) is 16.1 Å². The minimum atomic E-state index is -0.183. The molecule has 1 heterocycles. The number of methoxy groups -OCH3 is 1. The number of hydrogen-bond donors (Lipinski definition) is 1. The van der Waals surface area contributed by atoms with Gasteiger partial charge in [-0.15, -0.1) is 0 Å². The molecule has 1 aromatic rings. The Morgan fingerprint density at radius 3 is 3.00 bits per heavy atom. The fourth-order valence-electron chi connectivity index (χ4n) is 1.12. The lowest BCUT2D eigenvalue weighted by Gasteiger charge is -2.01. The monoisotopic (exact) mass is 231 g/mol. The molecule has 1 rings (SSSR count). The molecule has 0 atom stereocenters. The van der Waals surface area contributed by atoms with Crippen LogP contribution in [0.4, 0.5) is 0 Å². The van der Waals surface area contributed by atoms with Crippen molar-refractivity contribution >= 4 is 17.6 Å². The predicted octanol–water partition coefficient (Wildman–Crippen LogP) is 1.98. The maximum atomic E-state index is 10.8. The number of rotatable bonds is 6. The Morgan fingerprint density at radius 2 is 2.40 bits per heavy atom. The molecular formula is C10H14ClNO3. The van der Waals surface area contributed by atoms with E-state index < -0.39 is 0 Å². The topological polar surface area (TPSA) is 51.5 Å². The fourth-order valence-corrected chi connectivity index (χ4v) is 1.28. The van der Waals surface area contributed by atoms with Gasteiger partial charge in [-0.25, -0.2) is 0 Å². The fraction of sp³-hybridized carbons (Fsp3) is 0.500. The summed E-state index contributed by atoms with van der Waals surface area (Å²) < 4.78 is 9.66. The maximum absolute atomic E-state index is 10.8. The number of carbonyl (C=O) groups excluding carboxylic acids is 1. The van der Waals surface area contributed by atoms with Crippen LogP contribution in [0.5, 0.6) is 0 Å². The van der Waals surface area contributed by atoms with Crippen LogP contribution in [0.25, 0.3) is 0 Å². The van der Waals surface area contributed by atoms with E-state index in [0.29, 0.717) is 18.2 Å². The van der Waals surface area contributed by atoms with Gasteiger partial charge in [0.2, 0.25) is 0 Å². The maximum Gasteiger partial charge on any atom is 0.305 e. The van der Waals surface area contributed by atoms with Crippen molar-refractivity contribution in [1.29, 1.82) is 0 Å². The second kappa shape index (κ2) is 6.48. The Bertz CT molecular complexity index is 311. The number of halogens is 1. The zero-order valence-electron chi connectivity index (χ0n) is 8.59. The average molecular weight is 232 g/mol. The van der Waals surface area contributed by atoms with E-state index in [4.69, 9.17) is 16.0 Å². The Kier molecular flexibility index (Phi) is 5.21. The van der Waals surface area contributed by atoms with E-state index in [2.05, 4.69) is 10.1 Å². The van der Waals surface area contributed by atoms with Crippen LogP contribution >= 0.6 is 11.6 Å². The third-order valence-corrected chi connectivity index (χ3v) is 2.09. The second-order valence-electron chi connectivity index (χ2n) is 3.06. The number of nitrogens with one attached hydrogen (secondary N) is 1. The number of furan rings is 1. The van der Waals surface area contributed by atoms with E-state index >= 15 is 0 Å². The zero-order valence-corrected chi connectivity index (χ0v) is 9.34. The molecule has 15 heavy (non-hydrogen) atoms. The highest BCUT2D eigenvalue weighted by Gasteiger charge is 2.00. The largest absolute Gasteiger partial charge is 0.469 e. The van der Waals surface area contributed by atoms with Crippen molar-refractivity contribution in [3.63, 3.8) is 0 Å². The molecule has 0 spiro atoms. The molecule has 0 saturated heterocycles. The van der Waals surface area contributed by atoms with Gasteiger partial charge >= 0.3 is 5.97 Å². The van der Waals surface area contributed by atoms with E-state index in [-0.39, 0.29) is 5.97 Å². The van der Waals surface area contributed by atoms with Crippen LogP contribution < -0.4 is 5.32 Å². The number of hydrogen-bond acceptors (Lipinski definition) is 4. The minimum Gasteiger partial charge on any atom is -0.469 e. The first kappa shape index (κ1) is 12.1. The molecule has 0 saturated carbocycles. The van der Waals surface area contributed by atoms with Crippen LogP contribution in [0.15, 0.2) is 16.5 Å². The summed E-state index contributed by atoms with van der Waals surface area (Å²) >= 11 is 5.61. The standard InChI is InChI=1S/C10H14ClNO3/c1-14-10(13)3-2-6-12-7-8-4-5-9(11)15-8/h4-5,12H,2-3,6-7H2,1H3. The van der Waals surface area contributed by atoms with Crippen molar-refractivity contribution in [2.45, 2.75) is 19.4 Å². The summed E-state index contributed by atoms with van der Waals surface area (Å²) in [4.78, 5) is 10.8. The van der Waals surface area contributed by atoms with Gasteiger partial charge in [-0.05, 0) is 36.7 Å². The summed E-state index contributed by atoms with van der Waals surface area (Å²) in [5, 5.41) is 3.52. The van der Waals surface area contributed by atoms with Gasteiger partial charge in [-0.2, -0.15) is 0 Å². The molecule has 84 valence electrons. The van der Waals surface area contributed by atoms with Gasteiger partial charge in [0.25, 0.3) is 0 Å². The van der Waals surface area contributed by atoms with Crippen LogP contribution in [0, 0.1) is 0 Å². The van der Waals surface area contributed by atoms with Crippen LogP contribution in [0.1, 0.15) is 18.6 Å². The third kappa shape index (κ3) is 4.85. The Balaban J connectivity index is 2.05. The minimum absolute atomic E-state index is 0.183. The lowest BCUT2D eigenvalue weighted by molar-refractivity contribution is -0.140. The zero-order chi connectivity index (χ0) is 11.1. The number of carbonyl (C=O) groups is 1. The van der Waals surface area contributed by atoms with E-state index in [1.807, 2.05) is 6.07 Å². The summed E-state index contributed by atoms with van der Waals surface area (Å²) in [5.74, 6) is 0.607. The van der Waals surface area contributed by atoms with E-state index in [1.54, 1.807) is 6.07 Å². The molecule has 0 aliphatic rings. The summed E-state index contributed by atoms with van der Waals surface area (Å²) in [6, 6.07) is 3.52. The molecular weight excluding hydrogens is 218 g/mol. The van der Waals surface area contributed by atoms with Gasteiger partial charge in [0.1, 0.15) is 5.76 Å². The first-order valence-corrected chi connectivity index (χ1v) is 5.12. The predicted molar refractivity (Wildman–Crippen MR) is 56.7 cm³/mol. The molecule has 5 heteroatoms. The average Bonchev–Trinajstić information content (AvgIpc) is 2.63. The SMILES string of the molecule is COC(=O)CCCNCc1ccc(Cl)o1. The van der Waals surface area contributed by atoms with Crippen molar-refractivity contribution < 1.29 is 13.9 Å². The van der Waals surface area contributed by atoms with E-state index in [9.17, 15) is 4.79 Å². The lowest BCUT2D eigenvalue weighted by atomic mass is 10.3. The summed E-state index contributed by atoms with van der Waals surface area (Å²) in [6.45, 7) is 1.36. The van der Waals surface area contributed by atoms with Gasteiger partial charge < -0.3 is 14.5 Å². The molecule has 4 nitrogen and oxygen atoms in total. The molecule has 0 aliphatic carbocycles. The number of ether oxygens (including phenoxy) is 1. The molecule has 1 aromatic heterocycles. The summed E-state index contributed by atoms with van der Waals surface area (Å²) in [7, 11) is 1.39. The van der Waals surface area contributed by atoms with Gasteiger partial charge in [-0.1, -0.05) is 0 Å². The highest BCUT2D eigenvalue weighted by Crippen LogP contribution is 2.12. The summed E-state index contributed by atoms with van der Waals surface area (Å²) in [5.41, 5.74) is 0. The Morgan fingerprint density at radius 1 is 1.60 bits per heavy atom. The third-order valence-electron chi connectivity index (χ3n) is 1.89. The molecule has 0 aliphatic heterocycles. The van der Waals surface area contributed by atoms with Crippen molar-refractivity contribution in [1.82, 2.24) is 5.32 Å². The molecule has 0 amide bonds. The molecule has 0 radical (unpaired) electrons. The Labute approximate surface area is 93.5 Å². The van der Waals surface area contributed by atoms with Gasteiger partial charge in [0.15, 0.2) is 5.22 Å². The second-order valence-corrected chi connectivity index (χ2v) is 3.43. The van der Waals surface area contributed by atoms with Crippen molar-refractivity contribution in [3.05, 3.63) is 23.1 Å². The quantitative estimate of drug-likeness (QED) is 0.601. The Hall–Kier alpha value is -1.00. The van der Waals surface area contributed by atoms with E-state index in [0.717, 1.165) is 18.7 Å². The van der Waals surface area contributed by atoms with Gasteiger partial charge in [-0.3, -0.25) is 4.79 Å². The first-order valence-electron chi connectivity index (χ1n) is 4.74. The smallest absolute Gasteiger partial charge is 0.305 e. The van der Waals surface area contributed by atoms with Gasteiger partial charge in [0, 0.05) is 6.42 Å². The normalized spacial score (nSPS) is 10.3. The first-order chi connectivity index (χ1) is 7.22. The molecule has 0 aromatic carbocycles. The highest BCUT2D eigenvalue weighted by atomic mass is 35.5. The number of esters is 1. The highest BCUT2D eigenvalue weighted by molar-refractivity contribution is 6.28. The molecule has 1 N–H and O–H groups in total. The van der Waals surface area contributed by atoms with Crippen molar-refractivity contribution in [2.24, 2.45) is 0 Å². The molecule has 0 fully saturated rings. The van der Waals surface area contributed by atoms with Gasteiger partial charge in [0.05, 0.1) is 13.7 Å². The molecule has 0 unspecified atom stereocenters. The van der Waals surface area contributed by atoms with Crippen LogP contribution in [0.2, 0.25) is 5.22 Å². The molecule has 0 bridgehead atoms.